The van der Waals surface area contributed by atoms with E-state index in [4.69, 9.17) is 32.7 Å². The number of carboxylic acid groups (broad SMARTS) is 1. The van der Waals surface area contributed by atoms with E-state index in [2.05, 4.69) is 26.2 Å². The first kappa shape index (κ1) is 25.4. The van der Waals surface area contributed by atoms with Crippen molar-refractivity contribution < 1.29 is 19.4 Å². The first-order valence-corrected chi connectivity index (χ1v) is 12.3. The maximum atomic E-state index is 11.9. The number of aromatic nitrogens is 1. The van der Waals surface area contributed by atoms with E-state index in [9.17, 15) is 9.90 Å². The van der Waals surface area contributed by atoms with Gasteiger partial charge in [-0.25, -0.2) is 0 Å². The molecular weight excluding hydrogens is 555 g/mol. The zero-order valence-electron chi connectivity index (χ0n) is 18.8. The largest absolute Gasteiger partial charge is 0.493 e. The van der Waals surface area contributed by atoms with Gasteiger partial charge in [-0.3, -0.25) is 4.79 Å². The average Bonchev–Trinajstić information content (AvgIpc) is 3.25. The number of benzene rings is 3. The molecule has 1 heterocycles. The lowest BCUT2D eigenvalue weighted by Crippen LogP contribution is -2.38. The Kier molecular flexibility index (Phi) is 8.23. The van der Waals surface area contributed by atoms with Crippen LogP contribution in [0.25, 0.3) is 10.9 Å². The minimum atomic E-state index is -0.914. The summed E-state index contributed by atoms with van der Waals surface area (Å²) in [4.78, 5) is 15.1. The SMILES string of the molecule is COc1cc(CN[C@H](Cc2c[nH]c3ccccc23)C(=O)O)cc(Br)c1OCc1ccc(Cl)c(Cl)c1. The van der Waals surface area contributed by atoms with E-state index in [0.29, 0.717) is 39.0 Å². The van der Waals surface area contributed by atoms with Crippen molar-refractivity contribution in [2.24, 2.45) is 0 Å². The van der Waals surface area contributed by atoms with Gasteiger partial charge in [-0.15, -0.1) is 0 Å². The standard InChI is InChI=1S/C26H23BrCl2N2O4/c1-34-24-10-16(8-19(27)25(24)35-14-15-6-7-20(28)21(29)9-15)12-30-23(26(32)33)11-17-13-31-22-5-3-2-4-18(17)22/h2-10,13,23,30-31H,11-12,14H2,1H3,(H,32,33)/t23-/m1/s1. The van der Waals surface area contributed by atoms with Crippen LogP contribution in [0, 0.1) is 0 Å². The Balaban J connectivity index is 1.45. The Morgan fingerprint density at radius 3 is 2.66 bits per heavy atom. The van der Waals surface area contributed by atoms with Gasteiger partial charge < -0.3 is 24.9 Å². The molecule has 3 aromatic carbocycles. The van der Waals surface area contributed by atoms with Crippen LogP contribution in [0.2, 0.25) is 10.0 Å². The number of nitrogens with one attached hydrogen (secondary N) is 2. The second-order valence-electron chi connectivity index (χ2n) is 7.98. The van der Waals surface area contributed by atoms with E-state index in [-0.39, 0.29) is 6.61 Å². The Morgan fingerprint density at radius 2 is 1.91 bits per heavy atom. The molecule has 4 aromatic rings. The Bertz CT molecular complexity index is 1360. The fourth-order valence-electron chi connectivity index (χ4n) is 3.81. The molecule has 0 aliphatic heterocycles. The van der Waals surface area contributed by atoms with Gasteiger partial charge in [0.05, 0.1) is 21.6 Å². The molecule has 9 heteroatoms. The van der Waals surface area contributed by atoms with Gasteiger partial charge in [0.25, 0.3) is 0 Å². The van der Waals surface area contributed by atoms with Crippen molar-refractivity contribution in [3.63, 3.8) is 0 Å². The van der Waals surface area contributed by atoms with Gasteiger partial charge in [-0.1, -0.05) is 47.5 Å². The summed E-state index contributed by atoms with van der Waals surface area (Å²) in [5.74, 6) is 0.151. The van der Waals surface area contributed by atoms with Gasteiger partial charge in [0.1, 0.15) is 12.6 Å². The zero-order valence-corrected chi connectivity index (χ0v) is 21.9. The number of hydrogen-bond acceptors (Lipinski definition) is 4. The number of rotatable bonds is 10. The summed E-state index contributed by atoms with van der Waals surface area (Å²) in [7, 11) is 1.56. The highest BCUT2D eigenvalue weighted by Crippen LogP contribution is 2.37. The highest BCUT2D eigenvalue weighted by Gasteiger charge is 2.20. The van der Waals surface area contributed by atoms with E-state index in [1.807, 2.05) is 48.7 Å². The number of H-pyrrole nitrogens is 1. The summed E-state index contributed by atoms with van der Waals surface area (Å²) in [6.07, 6.45) is 2.21. The third-order valence-electron chi connectivity index (χ3n) is 5.61. The first-order valence-electron chi connectivity index (χ1n) is 10.8. The molecule has 35 heavy (non-hydrogen) atoms. The van der Waals surface area contributed by atoms with Gasteiger partial charge >= 0.3 is 5.97 Å². The molecule has 0 saturated carbocycles. The van der Waals surface area contributed by atoms with E-state index >= 15 is 0 Å². The molecule has 0 amide bonds. The molecule has 0 unspecified atom stereocenters. The summed E-state index contributed by atoms with van der Waals surface area (Å²) in [6.45, 7) is 0.608. The molecule has 0 saturated heterocycles. The van der Waals surface area contributed by atoms with Crippen molar-refractivity contribution in [3.8, 4) is 11.5 Å². The molecule has 0 aliphatic rings. The van der Waals surface area contributed by atoms with Gasteiger partial charge in [0.15, 0.2) is 11.5 Å². The Morgan fingerprint density at radius 1 is 1.11 bits per heavy atom. The minimum absolute atomic E-state index is 0.273. The van der Waals surface area contributed by atoms with Crippen LogP contribution in [0.4, 0.5) is 0 Å². The average molecular weight is 578 g/mol. The second kappa shape index (κ2) is 11.4. The summed E-state index contributed by atoms with van der Waals surface area (Å²) < 4.78 is 12.2. The lowest BCUT2D eigenvalue weighted by atomic mass is 10.0. The number of hydrogen-bond donors (Lipinski definition) is 3. The highest BCUT2D eigenvalue weighted by molar-refractivity contribution is 9.10. The van der Waals surface area contributed by atoms with Crippen LogP contribution in [-0.4, -0.2) is 29.2 Å². The van der Waals surface area contributed by atoms with Crippen LogP contribution < -0.4 is 14.8 Å². The molecule has 0 spiro atoms. The number of ether oxygens (including phenoxy) is 2. The van der Waals surface area contributed by atoms with E-state index in [1.165, 1.54) is 0 Å². The van der Waals surface area contributed by atoms with Crippen molar-refractivity contribution in [2.75, 3.05) is 7.11 Å². The number of carbonyl (C=O) groups is 1. The van der Waals surface area contributed by atoms with Gasteiger partial charge in [0, 0.05) is 30.1 Å². The maximum absolute atomic E-state index is 11.9. The highest BCUT2D eigenvalue weighted by atomic mass is 79.9. The molecule has 0 bridgehead atoms. The van der Waals surface area contributed by atoms with E-state index in [0.717, 1.165) is 27.6 Å². The number of fused-ring (bicyclic) bond motifs is 1. The third kappa shape index (κ3) is 6.11. The normalized spacial score (nSPS) is 12.0. The monoisotopic (exact) mass is 576 g/mol. The molecular formula is C26H23BrCl2N2O4. The Hall–Kier alpha value is -2.71. The quantitative estimate of drug-likeness (QED) is 0.197. The number of aromatic amines is 1. The second-order valence-corrected chi connectivity index (χ2v) is 9.65. The molecule has 182 valence electrons. The summed E-state index contributed by atoms with van der Waals surface area (Å²) in [6, 6.07) is 16.1. The van der Waals surface area contributed by atoms with Crippen molar-refractivity contribution in [1.82, 2.24) is 10.3 Å². The minimum Gasteiger partial charge on any atom is -0.493 e. The molecule has 0 radical (unpaired) electrons. The lowest BCUT2D eigenvalue weighted by Gasteiger charge is -2.17. The fraction of sp³-hybridized carbons (Fsp3) is 0.192. The van der Waals surface area contributed by atoms with E-state index < -0.39 is 12.0 Å². The number of methoxy groups -OCH3 is 1. The van der Waals surface area contributed by atoms with Gasteiger partial charge in [-0.05, 0) is 63.0 Å². The fourth-order valence-corrected chi connectivity index (χ4v) is 4.73. The number of aliphatic carboxylic acids is 1. The predicted octanol–water partition coefficient (Wildman–Crippen LogP) is 6.61. The third-order valence-corrected chi connectivity index (χ3v) is 6.93. The summed E-state index contributed by atoms with van der Waals surface area (Å²) in [5.41, 5.74) is 3.64. The first-order chi connectivity index (χ1) is 16.9. The van der Waals surface area contributed by atoms with Crippen LogP contribution in [0.3, 0.4) is 0 Å². The van der Waals surface area contributed by atoms with Gasteiger partial charge in [0.2, 0.25) is 0 Å². The number of carboxylic acids is 1. The zero-order chi connectivity index (χ0) is 24.9. The van der Waals surface area contributed by atoms with Crippen molar-refractivity contribution >= 4 is 56.0 Å². The molecule has 1 aromatic heterocycles. The molecule has 6 nitrogen and oxygen atoms in total. The van der Waals surface area contributed by atoms with Crippen LogP contribution in [0.1, 0.15) is 16.7 Å². The Labute approximate surface area is 221 Å². The van der Waals surface area contributed by atoms with E-state index in [1.54, 1.807) is 19.2 Å². The molecule has 0 aliphatic carbocycles. The van der Waals surface area contributed by atoms with Crippen molar-refractivity contribution in [1.29, 1.82) is 0 Å². The molecule has 3 N–H and O–H groups in total. The smallest absolute Gasteiger partial charge is 0.321 e. The topological polar surface area (TPSA) is 83.6 Å². The number of para-hydroxylation sites is 1. The van der Waals surface area contributed by atoms with Crippen LogP contribution >= 0.6 is 39.1 Å². The van der Waals surface area contributed by atoms with Crippen molar-refractivity contribution in [3.05, 3.63) is 92.0 Å². The van der Waals surface area contributed by atoms with Crippen LogP contribution in [0.5, 0.6) is 11.5 Å². The molecule has 1 atom stereocenters. The van der Waals surface area contributed by atoms with Crippen molar-refractivity contribution in [2.45, 2.75) is 25.6 Å². The summed E-state index contributed by atoms with van der Waals surface area (Å²) in [5, 5.41) is 14.9. The molecule has 0 fully saturated rings. The van der Waals surface area contributed by atoms with Crippen LogP contribution in [-0.2, 0) is 24.4 Å². The summed E-state index contributed by atoms with van der Waals surface area (Å²) >= 11 is 15.6. The van der Waals surface area contributed by atoms with Gasteiger partial charge in [-0.2, -0.15) is 0 Å². The predicted molar refractivity (Wildman–Crippen MR) is 142 cm³/mol. The maximum Gasteiger partial charge on any atom is 0.321 e. The number of halogens is 3. The van der Waals surface area contributed by atoms with Crippen LogP contribution in [0.15, 0.2) is 65.3 Å². The lowest BCUT2D eigenvalue weighted by molar-refractivity contribution is -0.139. The molecule has 4 rings (SSSR count).